The van der Waals surface area contributed by atoms with E-state index >= 15 is 0 Å². The molecule has 0 spiro atoms. The lowest BCUT2D eigenvalue weighted by atomic mass is 9.79. The van der Waals surface area contributed by atoms with Gasteiger partial charge in [-0.25, -0.2) is 4.68 Å². The summed E-state index contributed by atoms with van der Waals surface area (Å²) in [6, 6.07) is 8.52. The lowest BCUT2D eigenvalue weighted by Gasteiger charge is -2.27. The summed E-state index contributed by atoms with van der Waals surface area (Å²) in [5.41, 5.74) is 5.16. The second-order valence-electron chi connectivity index (χ2n) is 10.5. The fraction of sp³-hybridized carbons (Fsp3) is 0.560. The predicted octanol–water partition coefficient (Wildman–Crippen LogP) is 6.92. The van der Waals surface area contributed by atoms with Gasteiger partial charge in [-0.2, -0.15) is 5.10 Å². The zero-order valence-electron chi connectivity index (χ0n) is 19.4. The molecule has 0 unspecified atom stereocenters. The molecule has 0 aliphatic heterocycles. The Morgan fingerprint density at radius 3 is 1.75 bits per heavy atom. The van der Waals surface area contributed by atoms with Crippen molar-refractivity contribution in [1.29, 1.82) is 0 Å². The standard InChI is InChI=1S/C25H38N2O/c1-16(2)21-11-12-22(17(3)4)27(21)26-15-18-13-19(24(5,6)7)14-20(23(18)28)25(8,9)10/h11-17,28H,1-10H3/b26-15+. The molecular weight excluding hydrogens is 344 g/mol. The Hall–Kier alpha value is -2.03. The van der Waals surface area contributed by atoms with Gasteiger partial charge < -0.3 is 5.11 Å². The second kappa shape index (κ2) is 7.77. The highest BCUT2D eigenvalue weighted by Crippen LogP contribution is 2.37. The summed E-state index contributed by atoms with van der Waals surface area (Å²) in [5, 5.41) is 15.8. The number of rotatable bonds is 4. The minimum atomic E-state index is -0.145. The second-order valence-corrected chi connectivity index (χ2v) is 10.5. The van der Waals surface area contributed by atoms with Crippen molar-refractivity contribution in [2.45, 2.75) is 91.9 Å². The quantitative estimate of drug-likeness (QED) is 0.573. The minimum Gasteiger partial charge on any atom is -0.507 e. The molecule has 0 amide bonds. The third-order valence-corrected chi connectivity index (χ3v) is 5.22. The molecule has 2 rings (SSSR count). The first-order valence-corrected chi connectivity index (χ1v) is 10.4. The summed E-state index contributed by atoms with van der Waals surface area (Å²) >= 11 is 0. The van der Waals surface area contributed by atoms with E-state index in [2.05, 4.69) is 93.5 Å². The van der Waals surface area contributed by atoms with Crippen LogP contribution in [0.3, 0.4) is 0 Å². The summed E-state index contributed by atoms with van der Waals surface area (Å²) in [6.45, 7) is 21.7. The number of aromatic hydroxyl groups is 1. The highest BCUT2D eigenvalue weighted by molar-refractivity contribution is 5.85. The van der Waals surface area contributed by atoms with Gasteiger partial charge in [0.25, 0.3) is 0 Å². The van der Waals surface area contributed by atoms with Gasteiger partial charge in [0, 0.05) is 22.5 Å². The van der Waals surface area contributed by atoms with E-state index in [1.807, 2.05) is 10.9 Å². The van der Waals surface area contributed by atoms with Crippen molar-refractivity contribution in [2.75, 3.05) is 0 Å². The first kappa shape index (κ1) is 22.3. The van der Waals surface area contributed by atoms with Crippen LogP contribution in [-0.4, -0.2) is 16.0 Å². The van der Waals surface area contributed by atoms with E-state index < -0.39 is 0 Å². The summed E-state index contributed by atoms with van der Waals surface area (Å²) in [6.07, 6.45) is 1.82. The van der Waals surface area contributed by atoms with E-state index in [0.717, 1.165) is 11.1 Å². The summed E-state index contributed by atoms with van der Waals surface area (Å²) < 4.78 is 2.04. The molecule has 0 radical (unpaired) electrons. The monoisotopic (exact) mass is 382 g/mol. The molecule has 1 heterocycles. The molecule has 0 fully saturated rings. The molecule has 28 heavy (non-hydrogen) atoms. The van der Waals surface area contributed by atoms with E-state index in [4.69, 9.17) is 5.10 Å². The topological polar surface area (TPSA) is 37.5 Å². The number of phenols is 1. The van der Waals surface area contributed by atoms with E-state index in [1.165, 1.54) is 17.0 Å². The van der Waals surface area contributed by atoms with E-state index in [9.17, 15) is 5.11 Å². The number of aromatic nitrogens is 1. The van der Waals surface area contributed by atoms with Crippen molar-refractivity contribution < 1.29 is 5.11 Å². The first-order valence-electron chi connectivity index (χ1n) is 10.4. The lowest BCUT2D eigenvalue weighted by molar-refractivity contribution is 0.444. The normalized spacial score (nSPS) is 13.3. The fourth-order valence-corrected chi connectivity index (χ4v) is 3.35. The maximum atomic E-state index is 11.0. The Kier molecular flexibility index (Phi) is 6.18. The number of hydrogen-bond acceptors (Lipinski definition) is 2. The molecule has 0 aliphatic rings. The molecule has 2 aromatic rings. The number of nitrogens with zero attached hydrogens (tertiary/aromatic N) is 2. The van der Waals surface area contributed by atoms with Gasteiger partial charge >= 0.3 is 0 Å². The maximum Gasteiger partial charge on any atom is 0.128 e. The molecule has 1 aromatic carbocycles. The molecule has 0 saturated carbocycles. The molecule has 3 nitrogen and oxygen atoms in total. The van der Waals surface area contributed by atoms with E-state index in [1.54, 1.807) is 0 Å². The third-order valence-electron chi connectivity index (χ3n) is 5.22. The molecular formula is C25H38N2O. The van der Waals surface area contributed by atoms with Gasteiger partial charge in [0.1, 0.15) is 5.75 Å². The Bertz CT molecular complexity index is 830. The number of phenolic OH excluding ortho intramolecular Hbond substituents is 1. The number of benzene rings is 1. The average molecular weight is 383 g/mol. The minimum absolute atomic E-state index is 0.00404. The Morgan fingerprint density at radius 2 is 1.36 bits per heavy atom. The number of hydrogen-bond donors (Lipinski definition) is 1. The van der Waals surface area contributed by atoms with Gasteiger partial charge in [0.15, 0.2) is 0 Å². The molecule has 1 N–H and O–H groups in total. The fourth-order valence-electron chi connectivity index (χ4n) is 3.35. The van der Waals surface area contributed by atoms with Crippen molar-refractivity contribution in [3.8, 4) is 5.75 Å². The first-order chi connectivity index (χ1) is 12.7. The lowest BCUT2D eigenvalue weighted by Crippen LogP contribution is -2.17. The molecule has 0 atom stereocenters. The Balaban J connectivity index is 2.65. The molecule has 1 aromatic heterocycles. The van der Waals surface area contributed by atoms with Crippen LogP contribution in [0.25, 0.3) is 0 Å². The van der Waals surface area contributed by atoms with Crippen LogP contribution in [0.2, 0.25) is 0 Å². The molecule has 0 aliphatic carbocycles. The van der Waals surface area contributed by atoms with Crippen LogP contribution >= 0.6 is 0 Å². The zero-order chi connectivity index (χ0) is 21.4. The molecule has 154 valence electrons. The molecule has 0 saturated heterocycles. The van der Waals surface area contributed by atoms with Crippen molar-refractivity contribution in [2.24, 2.45) is 5.10 Å². The van der Waals surface area contributed by atoms with Crippen LogP contribution in [-0.2, 0) is 10.8 Å². The van der Waals surface area contributed by atoms with Crippen LogP contribution in [0.1, 0.15) is 109 Å². The summed E-state index contributed by atoms with van der Waals surface area (Å²) in [7, 11) is 0. The summed E-state index contributed by atoms with van der Waals surface area (Å²) in [4.78, 5) is 0. The highest BCUT2D eigenvalue weighted by Gasteiger charge is 2.24. The van der Waals surface area contributed by atoms with Gasteiger partial charge in [-0.05, 0) is 46.4 Å². The Labute approximate surface area is 171 Å². The zero-order valence-corrected chi connectivity index (χ0v) is 19.4. The van der Waals surface area contributed by atoms with Crippen LogP contribution in [0.15, 0.2) is 29.4 Å². The van der Waals surface area contributed by atoms with Crippen molar-refractivity contribution in [1.82, 2.24) is 4.68 Å². The van der Waals surface area contributed by atoms with Crippen molar-refractivity contribution >= 4 is 6.21 Å². The van der Waals surface area contributed by atoms with Crippen molar-refractivity contribution in [3.63, 3.8) is 0 Å². The largest absolute Gasteiger partial charge is 0.507 e. The average Bonchev–Trinajstić information content (AvgIpc) is 2.95. The SMILES string of the molecule is CC(C)c1ccc(C(C)C)n1/N=C/c1cc(C(C)(C)C)cc(C(C)(C)C)c1O. The van der Waals surface area contributed by atoms with E-state index in [-0.39, 0.29) is 10.8 Å². The van der Waals surface area contributed by atoms with Gasteiger partial charge in [0.2, 0.25) is 0 Å². The van der Waals surface area contributed by atoms with Crippen LogP contribution in [0.4, 0.5) is 0 Å². The van der Waals surface area contributed by atoms with Gasteiger partial charge in [0.05, 0.1) is 6.21 Å². The van der Waals surface area contributed by atoms with Gasteiger partial charge in [-0.1, -0.05) is 75.3 Å². The van der Waals surface area contributed by atoms with Crippen molar-refractivity contribution in [3.05, 3.63) is 52.3 Å². The molecule has 0 bridgehead atoms. The Morgan fingerprint density at radius 1 is 0.857 bits per heavy atom. The van der Waals surface area contributed by atoms with Crippen LogP contribution in [0, 0.1) is 0 Å². The van der Waals surface area contributed by atoms with Crippen LogP contribution < -0.4 is 0 Å². The van der Waals surface area contributed by atoms with Gasteiger partial charge in [-0.3, -0.25) is 0 Å². The van der Waals surface area contributed by atoms with Gasteiger partial charge in [-0.15, -0.1) is 0 Å². The third kappa shape index (κ3) is 4.68. The summed E-state index contributed by atoms with van der Waals surface area (Å²) in [5.74, 6) is 1.09. The van der Waals surface area contributed by atoms with E-state index in [0.29, 0.717) is 17.6 Å². The molecule has 3 heteroatoms. The maximum absolute atomic E-state index is 11.0. The highest BCUT2D eigenvalue weighted by atomic mass is 16.3. The smallest absolute Gasteiger partial charge is 0.128 e. The predicted molar refractivity (Wildman–Crippen MR) is 121 cm³/mol. The van der Waals surface area contributed by atoms with Crippen LogP contribution in [0.5, 0.6) is 5.75 Å².